The molecule has 1 heterocycles. The normalized spacial score (nSPS) is 27.2. The summed E-state index contributed by atoms with van der Waals surface area (Å²) in [5, 5.41) is 0. The molecule has 0 aromatic rings. The first-order valence-corrected chi connectivity index (χ1v) is 5.78. The minimum absolute atomic E-state index is 0.0652. The largest absolute Gasteiger partial charge is 0.402 e. The molecule has 1 aliphatic heterocycles. The molecule has 0 aliphatic carbocycles. The van der Waals surface area contributed by atoms with Crippen molar-refractivity contribution in [1.29, 1.82) is 0 Å². The van der Waals surface area contributed by atoms with Crippen LogP contribution < -0.4 is 5.73 Å². The summed E-state index contributed by atoms with van der Waals surface area (Å²) in [5.41, 5.74) is 5.80. The summed E-state index contributed by atoms with van der Waals surface area (Å²) in [5.74, 6) is 1.36. The molecule has 76 valence electrons. The van der Waals surface area contributed by atoms with Gasteiger partial charge < -0.3 is 14.8 Å². The smallest absolute Gasteiger partial charge is 0.355 e. The molecule has 0 unspecified atom stereocenters. The van der Waals surface area contributed by atoms with Crippen molar-refractivity contribution < 1.29 is 13.6 Å². The number of hydrogen-bond acceptors (Lipinski definition) is 4. The van der Waals surface area contributed by atoms with E-state index in [1.807, 2.05) is 13.8 Å². The molecular weight excluding hydrogens is 189 g/mol. The molecule has 0 amide bonds. The van der Waals surface area contributed by atoms with Crippen molar-refractivity contribution in [2.75, 3.05) is 13.2 Å². The third kappa shape index (κ3) is 3.14. The van der Waals surface area contributed by atoms with Gasteiger partial charge in [-0.05, 0) is 6.92 Å². The van der Waals surface area contributed by atoms with E-state index in [-0.39, 0.29) is 5.41 Å². The predicted octanol–water partition coefficient (Wildman–Crippen LogP) is 2.07. The van der Waals surface area contributed by atoms with Crippen LogP contribution in [0.5, 0.6) is 0 Å². The molecule has 0 aromatic heterocycles. The van der Waals surface area contributed by atoms with Crippen molar-refractivity contribution in [2.24, 2.45) is 11.1 Å². The number of nitrogens with two attached hydrogens (primary N) is 1. The van der Waals surface area contributed by atoms with Crippen LogP contribution in [0.3, 0.4) is 0 Å². The van der Waals surface area contributed by atoms with Gasteiger partial charge in [-0.25, -0.2) is 0 Å². The summed E-state index contributed by atoms with van der Waals surface area (Å²) in [4.78, 5) is 0. The highest BCUT2D eigenvalue weighted by molar-refractivity contribution is 7.57. The Morgan fingerprint density at radius 3 is 2.31 bits per heavy atom. The average Bonchev–Trinajstić information content (AvgIpc) is 1.95. The molecule has 1 fully saturated rings. The highest BCUT2D eigenvalue weighted by atomic mass is 31.2. The molecular formula is C8H16NO3P. The van der Waals surface area contributed by atoms with E-state index in [0.717, 1.165) is 0 Å². The topological polar surface area (TPSA) is 61.6 Å². The van der Waals surface area contributed by atoms with E-state index in [4.69, 9.17) is 14.8 Å². The van der Waals surface area contributed by atoms with Gasteiger partial charge in [0.05, 0.1) is 13.2 Å². The molecule has 0 radical (unpaired) electrons. The summed E-state index contributed by atoms with van der Waals surface area (Å²) in [7, 11) is -3.04. The van der Waals surface area contributed by atoms with Crippen LogP contribution in [0.4, 0.5) is 0 Å². The Hall–Kier alpha value is -0.310. The van der Waals surface area contributed by atoms with Crippen molar-refractivity contribution in [3.05, 3.63) is 11.5 Å². The maximum atomic E-state index is 11.7. The quantitative estimate of drug-likeness (QED) is 0.665. The molecule has 1 aliphatic rings. The highest BCUT2D eigenvalue weighted by Crippen LogP contribution is 2.55. The Labute approximate surface area is 78.6 Å². The van der Waals surface area contributed by atoms with E-state index in [1.54, 1.807) is 6.92 Å². The van der Waals surface area contributed by atoms with E-state index < -0.39 is 7.60 Å². The zero-order valence-corrected chi connectivity index (χ0v) is 9.14. The Morgan fingerprint density at radius 2 is 1.92 bits per heavy atom. The summed E-state index contributed by atoms with van der Waals surface area (Å²) in [6.07, 6.45) is 0. The Kier molecular flexibility index (Phi) is 2.85. The number of allylic oxidation sites excluding steroid dienone is 1. The van der Waals surface area contributed by atoms with Crippen molar-refractivity contribution in [3.63, 3.8) is 0 Å². The van der Waals surface area contributed by atoms with E-state index in [1.165, 1.54) is 5.82 Å². The Morgan fingerprint density at radius 1 is 1.46 bits per heavy atom. The lowest BCUT2D eigenvalue weighted by molar-refractivity contribution is 0.0457. The Bertz CT molecular complexity index is 255. The van der Waals surface area contributed by atoms with E-state index >= 15 is 0 Å². The van der Waals surface area contributed by atoms with Gasteiger partial charge >= 0.3 is 7.60 Å². The first-order valence-electron chi connectivity index (χ1n) is 4.17. The monoisotopic (exact) mass is 205 g/mol. The number of rotatable bonds is 1. The van der Waals surface area contributed by atoms with Crippen LogP contribution in [0, 0.1) is 5.41 Å². The fourth-order valence-electron chi connectivity index (χ4n) is 0.932. The predicted molar refractivity (Wildman–Crippen MR) is 51.2 cm³/mol. The van der Waals surface area contributed by atoms with Gasteiger partial charge in [-0.2, -0.15) is 0 Å². The molecule has 0 saturated carbocycles. The van der Waals surface area contributed by atoms with E-state index in [2.05, 4.69) is 0 Å². The van der Waals surface area contributed by atoms with Gasteiger partial charge in [-0.1, -0.05) is 13.8 Å². The summed E-state index contributed by atoms with van der Waals surface area (Å²) in [6.45, 7) is 6.53. The van der Waals surface area contributed by atoms with Crippen molar-refractivity contribution in [3.8, 4) is 0 Å². The zero-order valence-electron chi connectivity index (χ0n) is 8.24. The molecule has 5 heteroatoms. The van der Waals surface area contributed by atoms with Crippen LogP contribution in [0.25, 0.3) is 0 Å². The van der Waals surface area contributed by atoms with Crippen LogP contribution in [-0.4, -0.2) is 13.2 Å². The second-order valence-corrected chi connectivity index (χ2v) is 5.98. The van der Waals surface area contributed by atoms with Gasteiger partial charge in [-0.15, -0.1) is 0 Å². The van der Waals surface area contributed by atoms with Crippen LogP contribution in [0.15, 0.2) is 11.5 Å². The van der Waals surface area contributed by atoms with Crippen molar-refractivity contribution in [2.45, 2.75) is 20.8 Å². The fraction of sp³-hybridized carbons (Fsp3) is 0.750. The second kappa shape index (κ2) is 3.45. The molecule has 0 atom stereocenters. The summed E-state index contributed by atoms with van der Waals surface area (Å²) < 4.78 is 22.1. The van der Waals surface area contributed by atoms with Gasteiger partial charge in [0.1, 0.15) is 0 Å². The third-order valence-corrected chi connectivity index (χ3v) is 3.33. The molecule has 0 spiro atoms. The third-order valence-electron chi connectivity index (χ3n) is 1.63. The van der Waals surface area contributed by atoms with E-state index in [0.29, 0.717) is 18.9 Å². The molecule has 0 bridgehead atoms. The summed E-state index contributed by atoms with van der Waals surface area (Å²) >= 11 is 0. The first-order chi connectivity index (χ1) is 5.83. The van der Waals surface area contributed by atoms with Gasteiger partial charge in [0, 0.05) is 16.9 Å². The first kappa shape index (κ1) is 10.8. The minimum Gasteiger partial charge on any atom is -0.402 e. The second-order valence-electron chi connectivity index (χ2n) is 4.12. The lowest BCUT2D eigenvalue weighted by Gasteiger charge is -2.32. The minimum atomic E-state index is -3.04. The molecule has 1 rings (SSSR count). The van der Waals surface area contributed by atoms with Gasteiger partial charge in [0.15, 0.2) is 0 Å². The van der Waals surface area contributed by atoms with Crippen molar-refractivity contribution >= 4 is 7.60 Å². The van der Waals surface area contributed by atoms with Crippen LogP contribution in [0.2, 0.25) is 0 Å². The number of hydrogen-bond donors (Lipinski definition) is 1. The van der Waals surface area contributed by atoms with Crippen molar-refractivity contribution in [1.82, 2.24) is 0 Å². The van der Waals surface area contributed by atoms with E-state index in [9.17, 15) is 4.57 Å². The van der Waals surface area contributed by atoms with Crippen LogP contribution >= 0.6 is 7.60 Å². The zero-order chi connectivity index (χ0) is 10.1. The van der Waals surface area contributed by atoms with Gasteiger partial charge in [-0.3, -0.25) is 4.57 Å². The van der Waals surface area contributed by atoms with Gasteiger partial charge in [0.2, 0.25) is 0 Å². The summed E-state index contributed by atoms with van der Waals surface area (Å²) in [6, 6.07) is 0. The van der Waals surface area contributed by atoms with Crippen LogP contribution in [0.1, 0.15) is 20.8 Å². The van der Waals surface area contributed by atoms with Gasteiger partial charge in [0.25, 0.3) is 0 Å². The average molecular weight is 205 g/mol. The maximum absolute atomic E-state index is 11.7. The highest BCUT2D eigenvalue weighted by Gasteiger charge is 2.34. The molecule has 0 aromatic carbocycles. The standard InChI is InChI=1S/C8H16NO3P/c1-7(9)4-13(10)11-5-8(2,3)6-12-13/h4H,5-6,9H2,1-3H3/b7-4+. The van der Waals surface area contributed by atoms with Crippen LogP contribution in [-0.2, 0) is 13.6 Å². The SMILES string of the molecule is C/C(N)=C\P1(=O)OCC(C)(C)CO1. The lowest BCUT2D eigenvalue weighted by Crippen LogP contribution is -2.29. The molecule has 2 N–H and O–H groups in total. The molecule has 1 saturated heterocycles. The lowest BCUT2D eigenvalue weighted by atomic mass is 9.97. The Balaban J connectivity index is 2.68. The maximum Gasteiger partial charge on any atom is 0.355 e. The molecule has 4 nitrogen and oxygen atoms in total. The fourth-order valence-corrected chi connectivity index (χ4v) is 2.71. The molecule has 13 heavy (non-hydrogen) atoms.